The van der Waals surface area contributed by atoms with E-state index in [1.165, 1.54) is 4.90 Å². The van der Waals surface area contributed by atoms with Crippen molar-refractivity contribution in [3.05, 3.63) is 0 Å². The first kappa shape index (κ1) is 12.4. The lowest BCUT2D eigenvalue weighted by molar-refractivity contribution is -0.132. The van der Waals surface area contributed by atoms with Gasteiger partial charge in [-0.1, -0.05) is 13.8 Å². The van der Waals surface area contributed by atoms with Gasteiger partial charge in [-0.2, -0.15) is 0 Å². The van der Waals surface area contributed by atoms with Crippen molar-refractivity contribution < 1.29 is 9.59 Å². The molecule has 0 atom stereocenters. The molecule has 2 heterocycles. The quantitative estimate of drug-likeness (QED) is 0.713. The van der Waals surface area contributed by atoms with E-state index in [2.05, 4.69) is 24.5 Å². The highest BCUT2D eigenvalue weighted by molar-refractivity contribution is 6.07. The topological polar surface area (TPSA) is 61.4 Å². The van der Waals surface area contributed by atoms with Crippen molar-refractivity contribution in [2.45, 2.75) is 38.6 Å². The molecule has 0 aromatic carbocycles. The zero-order valence-corrected chi connectivity index (χ0v) is 10.6. The van der Waals surface area contributed by atoms with E-state index in [1.807, 2.05) is 0 Å². The Bertz CT molecular complexity index is 322. The number of imide groups is 1. The van der Waals surface area contributed by atoms with E-state index in [0.29, 0.717) is 25.3 Å². The molecule has 0 aromatic rings. The average Bonchev–Trinajstić information content (AvgIpc) is 2.50. The summed E-state index contributed by atoms with van der Waals surface area (Å²) in [5.74, 6) is 0.477. The molecule has 96 valence electrons. The predicted molar refractivity (Wildman–Crippen MR) is 64.5 cm³/mol. The van der Waals surface area contributed by atoms with E-state index in [0.717, 1.165) is 19.5 Å². The van der Waals surface area contributed by atoms with Crippen molar-refractivity contribution in [2.75, 3.05) is 19.6 Å². The second kappa shape index (κ2) is 4.64. The van der Waals surface area contributed by atoms with Crippen molar-refractivity contribution in [2.24, 2.45) is 5.92 Å². The fourth-order valence-corrected chi connectivity index (χ4v) is 2.46. The lowest BCUT2D eigenvalue weighted by Gasteiger charge is -2.31. The summed E-state index contributed by atoms with van der Waals surface area (Å²) < 4.78 is 0. The molecule has 0 unspecified atom stereocenters. The maximum atomic E-state index is 12.3. The molecule has 2 N–H and O–H groups in total. The molecule has 5 nitrogen and oxygen atoms in total. The van der Waals surface area contributed by atoms with Crippen molar-refractivity contribution in [1.29, 1.82) is 0 Å². The maximum absolute atomic E-state index is 12.3. The Kier molecular flexibility index (Phi) is 3.38. The fourth-order valence-electron chi connectivity index (χ4n) is 2.46. The van der Waals surface area contributed by atoms with Gasteiger partial charge in [-0.05, 0) is 38.3 Å². The van der Waals surface area contributed by atoms with Crippen molar-refractivity contribution in [3.63, 3.8) is 0 Å². The van der Waals surface area contributed by atoms with Crippen molar-refractivity contribution >= 4 is 11.9 Å². The third-order valence-corrected chi connectivity index (χ3v) is 3.63. The molecule has 2 aliphatic heterocycles. The standard InChI is InChI=1S/C12H21N3O2/c1-9(2)3-8-15-10(16)12(14-11(15)17)4-6-13-7-5-12/h9,13H,3-8H2,1-2H3,(H,14,17). The molecule has 1 spiro atoms. The van der Waals surface area contributed by atoms with Crippen LogP contribution in [0.4, 0.5) is 4.79 Å². The molecule has 2 fully saturated rings. The summed E-state index contributed by atoms with van der Waals surface area (Å²) in [4.78, 5) is 25.6. The van der Waals surface area contributed by atoms with Crippen LogP contribution in [0.25, 0.3) is 0 Å². The van der Waals surface area contributed by atoms with Crippen LogP contribution < -0.4 is 10.6 Å². The Balaban J connectivity index is 2.05. The van der Waals surface area contributed by atoms with E-state index in [9.17, 15) is 9.59 Å². The second-order valence-electron chi connectivity index (χ2n) is 5.40. The molecular formula is C12H21N3O2. The molecule has 0 radical (unpaired) electrons. The van der Waals surface area contributed by atoms with Gasteiger partial charge in [0.25, 0.3) is 5.91 Å². The van der Waals surface area contributed by atoms with Gasteiger partial charge < -0.3 is 10.6 Å². The SMILES string of the molecule is CC(C)CCN1C(=O)NC2(CCNCC2)C1=O. The number of hydrogen-bond donors (Lipinski definition) is 2. The van der Waals surface area contributed by atoms with Crippen LogP contribution in [0.5, 0.6) is 0 Å². The third kappa shape index (κ3) is 2.29. The Labute approximate surface area is 102 Å². The Morgan fingerprint density at radius 1 is 1.29 bits per heavy atom. The molecular weight excluding hydrogens is 218 g/mol. The van der Waals surface area contributed by atoms with Gasteiger partial charge in [0.1, 0.15) is 5.54 Å². The molecule has 2 rings (SSSR count). The molecule has 2 saturated heterocycles. The van der Waals surface area contributed by atoms with Gasteiger partial charge >= 0.3 is 6.03 Å². The number of urea groups is 1. The van der Waals surface area contributed by atoms with Gasteiger partial charge in [-0.3, -0.25) is 9.69 Å². The largest absolute Gasteiger partial charge is 0.325 e. The molecule has 2 aliphatic rings. The minimum absolute atomic E-state index is 0.0235. The third-order valence-electron chi connectivity index (χ3n) is 3.63. The molecule has 0 bridgehead atoms. The number of carbonyl (C=O) groups excluding carboxylic acids is 2. The van der Waals surface area contributed by atoms with Crippen LogP contribution in [0.1, 0.15) is 33.1 Å². The monoisotopic (exact) mass is 239 g/mol. The van der Waals surface area contributed by atoms with Crippen molar-refractivity contribution in [1.82, 2.24) is 15.5 Å². The van der Waals surface area contributed by atoms with Crippen LogP contribution in [-0.2, 0) is 4.79 Å². The number of carbonyl (C=O) groups is 2. The van der Waals surface area contributed by atoms with E-state index in [1.54, 1.807) is 0 Å². The van der Waals surface area contributed by atoms with E-state index in [4.69, 9.17) is 0 Å². The van der Waals surface area contributed by atoms with Gasteiger partial charge in [-0.15, -0.1) is 0 Å². The summed E-state index contributed by atoms with van der Waals surface area (Å²) in [5, 5.41) is 6.10. The van der Waals surface area contributed by atoms with Crippen LogP contribution in [0.2, 0.25) is 0 Å². The zero-order chi connectivity index (χ0) is 12.5. The second-order valence-corrected chi connectivity index (χ2v) is 5.40. The maximum Gasteiger partial charge on any atom is 0.325 e. The first-order valence-electron chi connectivity index (χ1n) is 6.40. The number of rotatable bonds is 3. The molecule has 0 saturated carbocycles. The Morgan fingerprint density at radius 2 is 1.94 bits per heavy atom. The van der Waals surface area contributed by atoms with Gasteiger partial charge in [0.2, 0.25) is 0 Å². The highest BCUT2D eigenvalue weighted by atomic mass is 16.2. The minimum atomic E-state index is -0.612. The van der Waals surface area contributed by atoms with E-state index in [-0.39, 0.29) is 11.9 Å². The Morgan fingerprint density at radius 3 is 2.53 bits per heavy atom. The fraction of sp³-hybridized carbons (Fsp3) is 0.833. The van der Waals surface area contributed by atoms with Crippen LogP contribution in [-0.4, -0.2) is 42.0 Å². The van der Waals surface area contributed by atoms with Crippen LogP contribution in [0.3, 0.4) is 0 Å². The number of amides is 3. The lowest BCUT2D eigenvalue weighted by Crippen LogP contribution is -2.53. The number of nitrogens with zero attached hydrogens (tertiary/aromatic N) is 1. The summed E-state index contributed by atoms with van der Waals surface area (Å²) in [5.41, 5.74) is -0.612. The van der Waals surface area contributed by atoms with Crippen LogP contribution in [0, 0.1) is 5.92 Å². The molecule has 0 aromatic heterocycles. The predicted octanol–water partition coefficient (Wildman–Crippen LogP) is 0.707. The Hall–Kier alpha value is -1.10. The normalized spacial score (nSPS) is 23.6. The smallest absolute Gasteiger partial charge is 0.323 e. The molecule has 3 amide bonds. The van der Waals surface area contributed by atoms with Gasteiger partial charge in [0, 0.05) is 6.54 Å². The van der Waals surface area contributed by atoms with Gasteiger partial charge in [-0.25, -0.2) is 4.79 Å². The van der Waals surface area contributed by atoms with Gasteiger partial charge in [0.05, 0.1) is 0 Å². The number of nitrogens with one attached hydrogen (secondary N) is 2. The minimum Gasteiger partial charge on any atom is -0.323 e. The van der Waals surface area contributed by atoms with Crippen molar-refractivity contribution in [3.8, 4) is 0 Å². The molecule has 5 heteroatoms. The summed E-state index contributed by atoms with van der Waals surface area (Å²) in [7, 11) is 0. The van der Waals surface area contributed by atoms with E-state index >= 15 is 0 Å². The summed E-state index contributed by atoms with van der Waals surface area (Å²) in [6, 6.07) is -0.211. The van der Waals surface area contributed by atoms with E-state index < -0.39 is 5.54 Å². The highest BCUT2D eigenvalue weighted by Gasteiger charge is 2.50. The first-order valence-corrected chi connectivity index (χ1v) is 6.40. The number of hydrogen-bond acceptors (Lipinski definition) is 3. The lowest BCUT2D eigenvalue weighted by atomic mass is 9.88. The first-order chi connectivity index (χ1) is 8.05. The molecule has 0 aliphatic carbocycles. The van der Waals surface area contributed by atoms with Crippen LogP contribution in [0.15, 0.2) is 0 Å². The number of piperidine rings is 1. The highest BCUT2D eigenvalue weighted by Crippen LogP contribution is 2.27. The van der Waals surface area contributed by atoms with Gasteiger partial charge in [0.15, 0.2) is 0 Å². The zero-order valence-electron chi connectivity index (χ0n) is 10.6. The summed E-state index contributed by atoms with van der Waals surface area (Å²) >= 11 is 0. The average molecular weight is 239 g/mol. The molecule has 17 heavy (non-hydrogen) atoms. The summed E-state index contributed by atoms with van der Waals surface area (Å²) in [6.07, 6.45) is 2.28. The van der Waals surface area contributed by atoms with Crippen LogP contribution >= 0.6 is 0 Å². The summed E-state index contributed by atoms with van der Waals surface area (Å²) in [6.45, 7) is 6.32.